The number of anilines is 2. The first kappa shape index (κ1) is 28.3. The van der Waals surface area contributed by atoms with Gasteiger partial charge in [0.2, 0.25) is 0 Å². The van der Waals surface area contributed by atoms with Crippen LogP contribution in [0.25, 0.3) is 32.9 Å². The summed E-state index contributed by atoms with van der Waals surface area (Å²) in [6.07, 6.45) is 7.63. The van der Waals surface area contributed by atoms with Gasteiger partial charge in [0, 0.05) is 36.9 Å². The van der Waals surface area contributed by atoms with Crippen LogP contribution in [-0.2, 0) is 11.8 Å². The minimum atomic E-state index is -0.603. The number of nitrogens with zero attached hydrogens (tertiary/aromatic N) is 6. The topological polar surface area (TPSA) is 107 Å². The van der Waals surface area contributed by atoms with E-state index < -0.39 is 11.4 Å². The number of amides is 1. The number of carbonyl (C=O) groups excluding carboxylic acids is 1. The Balaban J connectivity index is 1.41. The van der Waals surface area contributed by atoms with E-state index >= 15 is 4.39 Å². The number of pyridine rings is 1. The second-order valence-corrected chi connectivity index (χ2v) is 11.8. The highest BCUT2D eigenvalue weighted by atomic mass is 19.1. The first-order valence-electron chi connectivity index (χ1n) is 14.3. The van der Waals surface area contributed by atoms with Gasteiger partial charge in [-0.05, 0) is 82.5 Å². The summed E-state index contributed by atoms with van der Waals surface area (Å²) < 4.78 is 29.6. The number of halogens is 1. The average Bonchev–Trinajstić information content (AvgIpc) is 3.63. The van der Waals surface area contributed by atoms with E-state index in [1.807, 2.05) is 53.1 Å². The lowest BCUT2D eigenvalue weighted by molar-refractivity contribution is 0.0113. The summed E-state index contributed by atoms with van der Waals surface area (Å²) >= 11 is 0. The Labute approximate surface area is 248 Å². The van der Waals surface area contributed by atoms with E-state index in [1.54, 1.807) is 46.2 Å². The Hall–Kier alpha value is -4.80. The number of aryl methyl sites for hydroxylation is 1. The van der Waals surface area contributed by atoms with Gasteiger partial charge in [-0.15, -0.1) is 0 Å². The molecule has 4 heterocycles. The predicted molar refractivity (Wildman–Crippen MR) is 163 cm³/mol. The third-order valence-corrected chi connectivity index (χ3v) is 7.49. The molecule has 2 atom stereocenters. The van der Waals surface area contributed by atoms with Gasteiger partial charge < -0.3 is 19.7 Å². The van der Waals surface area contributed by atoms with E-state index in [0.29, 0.717) is 39.9 Å². The van der Waals surface area contributed by atoms with E-state index in [-0.39, 0.29) is 23.9 Å². The maximum atomic E-state index is 15.6. The van der Waals surface area contributed by atoms with Gasteiger partial charge in [-0.2, -0.15) is 5.10 Å². The summed E-state index contributed by atoms with van der Waals surface area (Å²) in [4.78, 5) is 28.1. The summed E-state index contributed by atoms with van der Waals surface area (Å²) in [5, 5.41) is 8.48. The third-order valence-electron chi connectivity index (χ3n) is 7.49. The van der Waals surface area contributed by atoms with Crippen LogP contribution in [0.1, 0.15) is 40.5 Å². The van der Waals surface area contributed by atoms with Gasteiger partial charge in [-0.25, -0.2) is 19.2 Å². The molecule has 3 aromatic heterocycles. The highest BCUT2D eigenvalue weighted by Crippen LogP contribution is 2.38. The van der Waals surface area contributed by atoms with Crippen LogP contribution in [0, 0.1) is 5.82 Å². The maximum absolute atomic E-state index is 15.6. The van der Waals surface area contributed by atoms with Crippen molar-refractivity contribution in [2.24, 2.45) is 7.05 Å². The molecule has 1 amide bonds. The lowest BCUT2D eigenvalue weighted by Crippen LogP contribution is -2.46. The molecule has 1 saturated heterocycles. The van der Waals surface area contributed by atoms with Crippen LogP contribution in [0.5, 0.6) is 5.75 Å². The van der Waals surface area contributed by atoms with Crippen molar-refractivity contribution in [2.45, 2.75) is 58.3 Å². The molecule has 0 saturated carbocycles. The molecular formula is C32H34FN7O3. The van der Waals surface area contributed by atoms with Crippen molar-refractivity contribution < 1.29 is 18.7 Å². The molecule has 0 bridgehead atoms. The molecule has 1 fully saturated rings. The zero-order chi connectivity index (χ0) is 30.3. The van der Waals surface area contributed by atoms with Gasteiger partial charge in [-0.1, -0.05) is 0 Å². The van der Waals surface area contributed by atoms with Crippen molar-refractivity contribution in [1.82, 2.24) is 29.6 Å². The van der Waals surface area contributed by atoms with Crippen molar-refractivity contribution in [2.75, 3.05) is 11.9 Å². The number of aromatic nitrogens is 5. The van der Waals surface area contributed by atoms with Gasteiger partial charge in [0.05, 0.1) is 34.3 Å². The number of hydrogen-bond donors (Lipinski definition) is 1. The number of likely N-dealkylation sites (tertiary alicyclic amines) is 1. The Morgan fingerprint density at radius 1 is 1.12 bits per heavy atom. The highest BCUT2D eigenvalue weighted by molar-refractivity contribution is 5.99. The molecule has 2 aromatic carbocycles. The summed E-state index contributed by atoms with van der Waals surface area (Å²) in [5.74, 6) is 0.465. The van der Waals surface area contributed by atoms with Crippen molar-refractivity contribution in [3.05, 3.63) is 67.1 Å². The van der Waals surface area contributed by atoms with Gasteiger partial charge in [0.25, 0.3) is 0 Å². The van der Waals surface area contributed by atoms with E-state index in [1.165, 1.54) is 6.33 Å². The SMILES string of the molecule is C[C@@H](Oc1cc(-c2cnn(C)c2)cc2ncnc(Nc3ccc4ncccc4c3F)c12)[C@@H]1CCCN1C(=O)OC(C)(C)C. The smallest absolute Gasteiger partial charge is 0.410 e. The van der Waals surface area contributed by atoms with Crippen molar-refractivity contribution in [3.63, 3.8) is 0 Å². The molecule has 5 aromatic rings. The zero-order valence-electron chi connectivity index (χ0n) is 24.8. The van der Waals surface area contributed by atoms with Crippen LogP contribution in [0.4, 0.5) is 20.7 Å². The lowest BCUT2D eigenvalue weighted by Gasteiger charge is -2.32. The number of ether oxygens (including phenoxy) is 2. The second kappa shape index (κ2) is 11.1. The summed E-state index contributed by atoms with van der Waals surface area (Å²) in [7, 11) is 1.85. The van der Waals surface area contributed by atoms with Gasteiger partial charge in [-0.3, -0.25) is 9.67 Å². The Kier molecular flexibility index (Phi) is 7.33. The van der Waals surface area contributed by atoms with Crippen LogP contribution in [0.3, 0.4) is 0 Å². The molecule has 1 aliphatic rings. The predicted octanol–water partition coefficient (Wildman–Crippen LogP) is 6.63. The first-order valence-corrected chi connectivity index (χ1v) is 14.3. The number of fused-ring (bicyclic) bond motifs is 2. The maximum Gasteiger partial charge on any atom is 0.410 e. The van der Waals surface area contributed by atoms with Crippen molar-refractivity contribution >= 4 is 39.4 Å². The van der Waals surface area contributed by atoms with Crippen molar-refractivity contribution in [1.29, 1.82) is 0 Å². The Morgan fingerprint density at radius 3 is 2.72 bits per heavy atom. The fraction of sp³-hybridized carbons (Fsp3) is 0.344. The van der Waals surface area contributed by atoms with E-state index in [4.69, 9.17) is 9.47 Å². The van der Waals surface area contributed by atoms with Gasteiger partial charge >= 0.3 is 6.09 Å². The third kappa shape index (κ3) is 5.79. The minimum Gasteiger partial charge on any atom is -0.488 e. The van der Waals surface area contributed by atoms with Crippen molar-refractivity contribution in [3.8, 4) is 16.9 Å². The largest absolute Gasteiger partial charge is 0.488 e. The van der Waals surface area contributed by atoms with Crippen LogP contribution < -0.4 is 10.1 Å². The summed E-state index contributed by atoms with van der Waals surface area (Å²) in [5.41, 5.74) is 2.56. The average molecular weight is 584 g/mol. The van der Waals surface area contributed by atoms with Crippen LogP contribution in [0.2, 0.25) is 0 Å². The normalized spacial score (nSPS) is 16.0. The number of carbonyl (C=O) groups is 1. The highest BCUT2D eigenvalue weighted by Gasteiger charge is 2.36. The van der Waals surface area contributed by atoms with E-state index in [0.717, 1.165) is 24.0 Å². The second-order valence-electron chi connectivity index (χ2n) is 11.8. The number of nitrogens with one attached hydrogen (secondary N) is 1. The fourth-order valence-electron chi connectivity index (χ4n) is 5.53. The van der Waals surface area contributed by atoms with E-state index in [2.05, 4.69) is 25.4 Å². The molecule has 1 aliphatic heterocycles. The summed E-state index contributed by atoms with van der Waals surface area (Å²) in [6, 6.07) is 10.4. The number of rotatable bonds is 6. The Bertz CT molecular complexity index is 1820. The fourth-order valence-corrected chi connectivity index (χ4v) is 5.53. The van der Waals surface area contributed by atoms with Crippen LogP contribution >= 0.6 is 0 Å². The van der Waals surface area contributed by atoms with Gasteiger partial charge in [0.1, 0.15) is 29.6 Å². The molecule has 6 rings (SSSR count). The minimum absolute atomic E-state index is 0.196. The molecule has 1 N–H and O–H groups in total. The van der Waals surface area contributed by atoms with E-state index in [9.17, 15) is 4.79 Å². The number of benzene rings is 2. The monoisotopic (exact) mass is 583 g/mol. The number of hydrogen-bond acceptors (Lipinski definition) is 8. The standard InChI is InChI=1S/C32H34FN7O3/c1-19(26-9-7-13-40(26)31(41)43-32(2,3)4)42-27-15-20(21-16-37-39(5)17-21)14-25-28(27)30(36-18-35-25)38-24-11-10-23-22(29(24)33)8-6-12-34-23/h6,8,10-12,14-19,26H,7,9,13H2,1-5H3,(H,35,36,38)/t19-,26+/m1/s1. The molecule has 10 nitrogen and oxygen atoms in total. The molecule has 0 radical (unpaired) electrons. The molecule has 0 unspecified atom stereocenters. The molecule has 222 valence electrons. The molecule has 0 spiro atoms. The summed E-state index contributed by atoms with van der Waals surface area (Å²) in [6.45, 7) is 8.11. The quantitative estimate of drug-likeness (QED) is 0.237. The Morgan fingerprint density at radius 2 is 1.95 bits per heavy atom. The molecule has 43 heavy (non-hydrogen) atoms. The first-order chi connectivity index (χ1) is 20.6. The molecular weight excluding hydrogens is 549 g/mol. The molecule has 11 heteroatoms. The van der Waals surface area contributed by atoms with Crippen LogP contribution in [-0.4, -0.2) is 60.0 Å². The molecule has 0 aliphatic carbocycles. The zero-order valence-corrected chi connectivity index (χ0v) is 24.8. The van der Waals surface area contributed by atoms with Crippen LogP contribution in [0.15, 0.2) is 61.3 Å². The lowest BCUT2D eigenvalue weighted by atomic mass is 10.0. The van der Waals surface area contributed by atoms with Gasteiger partial charge in [0.15, 0.2) is 5.82 Å².